The van der Waals surface area contributed by atoms with Crippen molar-refractivity contribution in [1.29, 1.82) is 5.26 Å². The molecule has 2 aliphatic rings. The monoisotopic (exact) mass is 139 g/mol. The molecule has 2 saturated heterocycles. The molecule has 0 aliphatic carbocycles. The van der Waals surface area contributed by atoms with Crippen molar-refractivity contribution in [2.24, 2.45) is 5.92 Å². The van der Waals surface area contributed by atoms with Gasteiger partial charge in [0.05, 0.1) is 12.0 Å². The second-order valence-corrected chi connectivity index (χ2v) is 2.59. The minimum atomic E-state index is 0.310. The van der Waals surface area contributed by atoms with E-state index in [0.29, 0.717) is 5.92 Å². The molecule has 2 heterocycles. The Labute approximate surface area is 61.4 Å². The Hall–Kier alpha value is -0.590. The van der Waals surface area contributed by atoms with Gasteiger partial charge in [-0.1, -0.05) is 0 Å². The number of nitrogens with one attached hydrogen (secondary N) is 2. The molecule has 0 radical (unpaired) electrons. The van der Waals surface area contributed by atoms with E-state index in [1.807, 2.05) is 0 Å². The van der Waals surface area contributed by atoms with Gasteiger partial charge in [0.1, 0.15) is 0 Å². The molecule has 0 spiro atoms. The summed E-state index contributed by atoms with van der Waals surface area (Å²) in [5.74, 6) is 0.310. The Kier molecular flexibility index (Phi) is 3.20. The molecule has 10 heavy (non-hydrogen) atoms. The van der Waals surface area contributed by atoms with Crippen LogP contribution in [0.4, 0.5) is 0 Å². The van der Waals surface area contributed by atoms with E-state index in [9.17, 15) is 0 Å². The van der Waals surface area contributed by atoms with Crippen molar-refractivity contribution in [3.63, 3.8) is 0 Å². The van der Waals surface area contributed by atoms with Crippen LogP contribution in [0.25, 0.3) is 0 Å². The maximum absolute atomic E-state index is 8.10. The smallest absolute Gasteiger partial charge is 0.0712 e. The van der Waals surface area contributed by atoms with Gasteiger partial charge in [0.2, 0.25) is 0 Å². The van der Waals surface area contributed by atoms with Crippen molar-refractivity contribution in [3.8, 4) is 6.07 Å². The Morgan fingerprint density at radius 2 is 1.70 bits per heavy atom. The zero-order valence-corrected chi connectivity index (χ0v) is 6.06. The fourth-order valence-corrected chi connectivity index (χ4v) is 0.557. The number of hydrogen-bond donors (Lipinski definition) is 2. The predicted octanol–water partition coefficient (Wildman–Crippen LogP) is -0.291. The van der Waals surface area contributed by atoms with Crippen LogP contribution in [0, 0.1) is 17.2 Å². The van der Waals surface area contributed by atoms with E-state index in [2.05, 4.69) is 16.7 Å². The third kappa shape index (κ3) is 2.34. The highest BCUT2D eigenvalue weighted by Crippen LogP contribution is 1.97. The van der Waals surface area contributed by atoms with Crippen molar-refractivity contribution in [2.75, 3.05) is 26.2 Å². The number of hydrogen-bond acceptors (Lipinski definition) is 3. The first kappa shape index (κ1) is 7.52. The third-order valence-electron chi connectivity index (χ3n) is 1.67. The van der Waals surface area contributed by atoms with E-state index in [1.165, 1.54) is 19.5 Å². The molecule has 3 nitrogen and oxygen atoms in total. The van der Waals surface area contributed by atoms with E-state index in [4.69, 9.17) is 5.26 Å². The van der Waals surface area contributed by atoms with Crippen LogP contribution < -0.4 is 10.6 Å². The van der Waals surface area contributed by atoms with Gasteiger partial charge in [-0.15, -0.1) is 0 Å². The Bertz CT molecular complexity index is 115. The molecular weight excluding hydrogens is 126 g/mol. The Morgan fingerprint density at radius 1 is 1.20 bits per heavy atom. The van der Waals surface area contributed by atoms with Crippen LogP contribution in [0.2, 0.25) is 0 Å². The van der Waals surface area contributed by atoms with Crippen LogP contribution in [0.15, 0.2) is 0 Å². The number of rotatable bonds is 0. The average molecular weight is 139 g/mol. The molecule has 0 atom stereocenters. The molecule has 0 bridgehead atoms. The molecule has 3 heteroatoms. The minimum Gasteiger partial charge on any atom is -0.317 e. The Morgan fingerprint density at radius 3 is 1.70 bits per heavy atom. The van der Waals surface area contributed by atoms with Gasteiger partial charge in [0.25, 0.3) is 0 Å². The third-order valence-corrected chi connectivity index (χ3v) is 1.67. The first-order chi connectivity index (χ1) is 4.93. The van der Waals surface area contributed by atoms with E-state index < -0.39 is 0 Å². The summed E-state index contributed by atoms with van der Waals surface area (Å²) in [6.07, 6.45) is 1.39. The van der Waals surface area contributed by atoms with Gasteiger partial charge in [0, 0.05) is 13.1 Å². The van der Waals surface area contributed by atoms with Crippen molar-refractivity contribution >= 4 is 0 Å². The fourth-order valence-electron chi connectivity index (χ4n) is 0.557. The molecule has 2 N–H and O–H groups in total. The molecule has 2 rings (SSSR count). The molecule has 0 aromatic rings. The maximum Gasteiger partial charge on any atom is 0.0712 e. The van der Waals surface area contributed by atoms with Gasteiger partial charge >= 0.3 is 0 Å². The van der Waals surface area contributed by atoms with Crippen molar-refractivity contribution in [1.82, 2.24) is 10.6 Å². The summed E-state index contributed by atoms with van der Waals surface area (Å²) in [5.41, 5.74) is 0. The molecular formula is C7H13N3. The predicted molar refractivity (Wildman–Crippen MR) is 39.5 cm³/mol. The van der Waals surface area contributed by atoms with Crippen LogP contribution in [0.1, 0.15) is 6.42 Å². The lowest BCUT2D eigenvalue weighted by atomic mass is 10.1. The van der Waals surface area contributed by atoms with Gasteiger partial charge in [-0.05, 0) is 19.5 Å². The lowest BCUT2D eigenvalue weighted by Gasteiger charge is -2.18. The molecule has 2 aliphatic heterocycles. The standard InChI is InChI=1S/C4H6N2.C3H7N/c5-1-4-2-6-3-4;1-2-4-3-1/h4,6H,2-3H2;4H,1-3H2. The summed E-state index contributed by atoms with van der Waals surface area (Å²) in [6.45, 7) is 4.30. The molecule has 0 saturated carbocycles. The Balaban J connectivity index is 0.000000108. The summed E-state index contributed by atoms with van der Waals surface area (Å²) in [5, 5.41) is 14.2. The SMILES string of the molecule is C1CNC1.N#CC1CNC1. The number of nitriles is 1. The van der Waals surface area contributed by atoms with Crippen molar-refractivity contribution in [3.05, 3.63) is 0 Å². The molecule has 0 unspecified atom stereocenters. The normalized spacial score (nSPS) is 22.7. The van der Waals surface area contributed by atoms with Crippen LogP contribution in [-0.4, -0.2) is 26.2 Å². The van der Waals surface area contributed by atoms with Gasteiger partial charge in [-0.2, -0.15) is 5.26 Å². The summed E-state index contributed by atoms with van der Waals surface area (Å²) < 4.78 is 0. The highest BCUT2D eigenvalue weighted by Gasteiger charge is 2.13. The molecule has 56 valence electrons. The molecule has 0 aromatic carbocycles. The van der Waals surface area contributed by atoms with Crippen LogP contribution >= 0.6 is 0 Å². The zero-order valence-electron chi connectivity index (χ0n) is 6.06. The first-order valence-corrected chi connectivity index (χ1v) is 3.74. The van der Waals surface area contributed by atoms with Crippen LogP contribution in [0.5, 0.6) is 0 Å². The quantitative estimate of drug-likeness (QED) is 0.485. The van der Waals surface area contributed by atoms with Crippen LogP contribution in [0.3, 0.4) is 0 Å². The minimum absolute atomic E-state index is 0.310. The zero-order chi connectivity index (χ0) is 7.23. The fraction of sp³-hybridized carbons (Fsp3) is 0.857. The van der Waals surface area contributed by atoms with Crippen LogP contribution in [-0.2, 0) is 0 Å². The highest BCUT2D eigenvalue weighted by molar-refractivity contribution is 4.92. The molecule has 0 aromatic heterocycles. The van der Waals surface area contributed by atoms with Gasteiger partial charge < -0.3 is 10.6 Å². The summed E-state index contributed by atoms with van der Waals surface area (Å²) in [7, 11) is 0. The summed E-state index contributed by atoms with van der Waals surface area (Å²) >= 11 is 0. The summed E-state index contributed by atoms with van der Waals surface area (Å²) in [6, 6.07) is 2.14. The van der Waals surface area contributed by atoms with E-state index >= 15 is 0 Å². The molecule has 2 fully saturated rings. The first-order valence-electron chi connectivity index (χ1n) is 3.74. The summed E-state index contributed by atoms with van der Waals surface area (Å²) in [4.78, 5) is 0. The van der Waals surface area contributed by atoms with Gasteiger partial charge in [-0.25, -0.2) is 0 Å². The van der Waals surface area contributed by atoms with E-state index in [0.717, 1.165) is 13.1 Å². The lowest BCUT2D eigenvalue weighted by molar-refractivity contribution is 0.428. The topological polar surface area (TPSA) is 47.9 Å². The molecule has 0 amide bonds. The highest BCUT2D eigenvalue weighted by atomic mass is 14.9. The van der Waals surface area contributed by atoms with Crippen molar-refractivity contribution < 1.29 is 0 Å². The average Bonchev–Trinajstić information content (AvgIpc) is 1.55. The van der Waals surface area contributed by atoms with E-state index in [1.54, 1.807) is 0 Å². The second-order valence-electron chi connectivity index (χ2n) is 2.59. The van der Waals surface area contributed by atoms with Crippen molar-refractivity contribution in [2.45, 2.75) is 6.42 Å². The largest absolute Gasteiger partial charge is 0.317 e. The number of nitrogens with zero attached hydrogens (tertiary/aromatic N) is 1. The van der Waals surface area contributed by atoms with Gasteiger partial charge in [-0.3, -0.25) is 0 Å². The lowest BCUT2D eigenvalue weighted by Crippen LogP contribution is -2.40. The van der Waals surface area contributed by atoms with Gasteiger partial charge in [0.15, 0.2) is 0 Å². The van der Waals surface area contributed by atoms with E-state index in [-0.39, 0.29) is 0 Å². The maximum atomic E-state index is 8.10. The second kappa shape index (κ2) is 4.26.